The van der Waals surface area contributed by atoms with Crippen LogP contribution in [-0.2, 0) is 0 Å². The van der Waals surface area contributed by atoms with Crippen molar-refractivity contribution < 1.29 is 9.18 Å². The number of carbonyl (C=O) groups is 1. The zero-order chi connectivity index (χ0) is 16.5. The third-order valence-electron chi connectivity index (χ3n) is 4.39. The van der Waals surface area contributed by atoms with E-state index in [4.69, 9.17) is 0 Å². The maximum absolute atomic E-state index is 13.4. The maximum Gasteiger partial charge on any atom is 0.257 e. The molecule has 0 radical (unpaired) electrons. The molecular formula is C18H17FN4O. The first-order chi connectivity index (χ1) is 11.7. The highest BCUT2D eigenvalue weighted by Crippen LogP contribution is 2.22. The van der Waals surface area contributed by atoms with Crippen molar-refractivity contribution in [1.29, 1.82) is 0 Å². The van der Waals surface area contributed by atoms with Gasteiger partial charge < -0.3 is 4.90 Å². The minimum Gasteiger partial charge on any atom is -0.339 e. The number of amides is 1. The smallest absolute Gasteiger partial charge is 0.257 e. The van der Waals surface area contributed by atoms with Crippen molar-refractivity contribution in [3.05, 3.63) is 54.1 Å². The molecule has 1 saturated heterocycles. The fourth-order valence-electron chi connectivity index (χ4n) is 3.19. The Hall–Kier alpha value is -2.76. The van der Waals surface area contributed by atoms with Gasteiger partial charge in [-0.2, -0.15) is 9.49 Å². The molecule has 4 rings (SSSR count). The normalized spacial score (nSPS) is 15.0. The molecule has 1 fully saturated rings. The van der Waals surface area contributed by atoms with Gasteiger partial charge in [0.1, 0.15) is 0 Å². The zero-order valence-corrected chi connectivity index (χ0v) is 13.2. The predicted molar refractivity (Wildman–Crippen MR) is 88.1 cm³/mol. The Morgan fingerprint density at radius 3 is 2.62 bits per heavy atom. The number of carbonyl (C=O) groups excluding carboxylic acids is 1. The molecule has 0 unspecified atom stereocenters. The summed E-state index contributed by atoms with van der Waals surface area (Å²) in [7, 11) is 0. The minimum absolute atomic E-state index is 0.00838. The minimum atomic E-state index is -0.540. The summed E-state index contributed by atoms with van der Waals surface area (Å²) in [6, 6.07) is 10.2. The Morgan fingerprint density at radius 1 is 1.04 bits per heavy atom. The summed E-state index contributed by atoms with van der Waals surface area (Å²) in [4.78, 5) is 18.6. The molecule has 0 saturated carbocycles. The van der Waals surface area contributed by atoms with Crippen LogP contribution in [0.4, 0.5) is 4.39 Å². The molecular weight excluding hydrogens is 307 g/mol. The summed E-state index contributed by atoms with van der Waals surface area (Å²) < 4.78 is 15.1. The van der Waals surface area contributed by atoms with Crippen molar-refractivity contribution in [2.24, 2.45) is 0 Å². The predicted octanol–water partition coefficient (Wildman–Crippen LogP) is 3.16. The first-order valence-electron chi connectivity index (χ1n) is 8.13. The summed E-state index contributed by atoms with van der Waals surface area (Å²) in [6.45, 7) is 1.59. The summed E-state index contributed by atoms with van der Waals surface area (Å²) in [5.41, 5.74) is 2.44. The Labute approximate surface area is 138 Å². The van der Waals surface area contributed by atoms with Crippen LogP contribution in [0.1, 0.15) is 29.6 Å². The van der Waals surface area contributed by atoms with Gasteiger partial charge in [0, 0.05) is 13.1 Å². The second-order valence-electron chi connectivity index (χ2n) is 5.96. The van der Waals surface area contributed by atoms with Gasteiger partial charge >= 0.3 is 0 Å². The van der Waals surface area contributed by atoms with Gasteiger partial charge in [-0.25, -0.2) is 9.50 Å². The molecule has 0 spiro atoms. The van der Waals surface area contributed by atoms with E-state index >= 15 is 0 Å². The number of aromatic nitrogens is 3. The highest BCUT2D eigenvalue weighted by molar-refractivity contribution is 6.01. The number of likely N-dealkylation sites (tertiary alicyclic amines) is 1. The van der Waals surface area contributed by atoms with Crippen molar-refractivity contribution in [3.8, 4) is 11.4 Å². The van der Waals surface area contributed by atoms with Gasteiger partial charge in [0.25, 0.3) is 5.91 Å². The average molecular weight is 324 g/mol. The maximum atomic E-state index is 13.4. The van der Waals surface area contributed by atoms with Crippen LogP contribution in [0.25, 0.3) is 16.9 Å². The van der Waals surface area contributed by atoms with Crippen LogP contribution in [0.2, 0.25) is 0 Å². The molecule has 0 aliphatic carbocycles. The third kappa shape index (κ3) is 2.54. The topological polar surface area (TPSA) is 50.5 Å². The molecule has 1 aliphatic heterocycles. The van der Waals surface area contributed by atoms with Gasteiger partial charge in [0.15, 0.2) is 0 Å². The number of halogens is 1. The van der Waals surface area contributed by atoms with Crippen LogP contribution in [0.5, 0.6) is 0 Å². The number of pyridine rings is 2. The van der Waals surface area contributed by atoms with Gasteiger partial charge in [-0.05, 0) is 43.5 Å². The van der Waals surface area contributed by atoms with Crippen LogP contribution in [0, 0.1) is 5.95 Å². The molecule has 0 aromatic carbocycles. The van der Waals surface area contributed by atoms with Crippen LogP contribution in [-0.4, -0.2) is 38.5 Å². The van der Waals surface area contributed by atoms with Crippen LogP contribution >= 0.6 is 0 Å². The van der Waals surface area contributed by atoms with Gasteiger partial charge in [-0.1, -0.05) is 12.1 Å². The first-order valence-corrected chi connectivity index (χ1v) is 8.13. The fourth-order valence-corrected chi connectivity index (χ4v) is 3.19. The number of rotatable bonds is 2. The highest BCUT2D eigenvalue weighted by atomic mass is 19.1. The lowest BCUT2D eigenvalue weighted by Crippen LogP contribution is -2.35. The first kappa shape index (κ1) is 14.8. The van der Waals surface area contributed by atoms with Crippen molar-refractivity contribution in [2.75, 3.05) is 13.1 Å². The quantitative estimate of drug-likeness (QED) is 0.680. The molecule has 0 N–H and O–H groups in total. The Morgan fingerprint density at radius 2 is 1.83 bits per heavy atom. The Kier molecular flexibility index (Phi) is 3.72. The molecule has 0 bridgehead atoms. The molecule has 1 aliphatic rings. The van der Waals surface area contributed by atoms with E-state index in [2.05, 4.69) is 10.1 Å². The number of piperidine rings is 1. The second kappa shape index (κ2) is 6.03. The van der Waals surface area contributed by atoms with Gasteiger partial charge in [-0.15, -0.1) is 0 Å². The molecule has 3 aromatic heterocycles. The van der Waals surface area contributed by atoms with E-state index in [1.54, 1.807) is 22.8 Å². The molecule has 1 amide bonds. The summed E-state index contributed by atoms with van der Waals surface area (Å²) in [6.07, 6.45) is 4.86. The third-order valence-corrected chi connectivity index (χ3v) is 4.39. The monoisotopic (exact) mass is 324 g/mol. The number of hydrogen-bond donors (Lipinski definition) is 0. The molecule has 122 valence electrons. The lowest BCUT2D eigenvalue weighted by atomic mass is 10.1. The number of fused-ring (bicyclic) bond motifs is 1. The van der Waals surface area contributed by atoms with Crippen LogP contribution in [0.15, 0.2) is 42.6 Å². The van der Waals surface area contributed by atoms with E-state index in [1.165, 1.54) is 12.5 Å². The van der Waals surface area contributed by atoms with E-state index in [1.807, 2.05) is 23.1 Å². The van der Waals surface area contributed by atoms with E-state index < -0.39 is 5.95 Å². The van der Waals surface area contributed by atoms with Crippen LogP contribution in [0.3, 0.4) is 0 Å². The Bertz CT molecular complexity index is 899. The summed E-state index contributed by atoms with van der Waals surface area (Å²) in [5, 5.41) is 4.35. The molecule has 24 heavy (non-hydrogen) atoms. The summed E-state index contributed by atoms with van der Waals surface area (Å²) in [5.74, 6) is -0.532. The Balaban J connectivity index is 1.77. The standard InChI is InChI=1S/C18H17FN4O/c19-17-9-4-6-14(21-17)16-8-5-7-15-13(12-20-23(15)16)18(24)22-10-2-1-3-11-22/h4-9,12H,1-3,10-11H2. The van der Waals surface area contributed by atoms with Gasteiger partial charge in [-0.3, -0.25) is 4.79 Å². The van der Waals surface area contributed by atoms with E-state index in [0.717, 1.165) is 25.9 Å². The van der Waals surface area contributed by atoms with Crippen molar-refractivity contribution in [1.82, 2.24) is 19.5 Å². The highest BCUT2D eigenvalue weighted by Gasteiger charge is 2.22. The SMILES string of the molecule is O=C(c1cnn2c(-c3cccc(F)n3)cccc12)N1CCCCC1. The fraction of sp³-hybridized carbons (Fsp3) is 0.278. The van der Waals surface area contributed by atoms with Crippen LogP contribution < -0.4 is 0 Å². The lowest BCUT2D eigenvalue weighted by Gasteiger charge is -2.26. The van der Waals surface area contributed by atoms with Crippen molar-refractivity contribution >= 4 is 11.4 Å². The van der Waals surface area contributed by atoms with Crippen molar-refractivity contribution in [3.63, 3.8) is 0 Å². The summed E-state index contributed by atoms with van der Waals surface area (Å²) >= 11 is 0. The molecule has 3 aromatic rings. The number of nitrogens with zero attached hydrogens (tertiary/aromatic N) is 4. The largest absolute Gasteiger partial charge is 0.339 e. The van der Waals surface area contributed by atoms with Crippen molar-refractivity contribution in [2.45, 2.75) is 19.3 Å². The average Bonchev–Trinajstić information content (AvgIpc) is 3.06. The molecule has 0 atom stereocenters. The molecule has 5 nitrogen and oxygen atoms in total. The van der Waals surface area contributed by atoms with Gasteiger partial charge in [0.2, 0.25) is 5.95 Å². The van der Waals surface area contributed by atoms with E-state index in [9.17, 15) is 9.18 Å². The zero-order valence-electron chi connectivity index (χ0n) is 13.2. The second-order valence-corrected chi connectivity index (χ2v) is 5.96. The number of hydrogen-bond acceptors (Lipinski definition) is 3. The van der Waals surface area contributed by atoms with E-state index in [0.29, 0.717) is 22.5 Å². The lowest BCUT2D eigenvalue weighted by molar-refractivity contribution is 0.0726. The molecule has 4 heterocycles. The van der Waals surface area contributed by atoms with Gasteiger partial charge in [0.05, 0.1) is 28.7 Å². The molecule has 6 heteroatoms. The van der Waals surface area contributed by atoms with E-state index in [-0.39, 0.29) is 5.91 Å².